The summed E-state index contributed by atoms with van der Waals surface area (Å²) in [6.45, 7) is 1.38. The third kappa shape index (κ3) is 3.69. The summed E-state index contributed by atoms with van der Waals surface area (Å²) in [6, 6.07) is 9.36. The van der Waals surface area contributed by atoms with Crippen LogP contribution in [0.5, 0.6) is 0 Å². The second-order valence-corrected chi connectivity index (χ2v) is 7.90. The van der Waals surface area contributed by atoms with Crippen LogP contribution in [-0.2, 0) is 0 Å². The number of hydrogen-bond donors (Lipinski definition) is 1. The minimum Gasteiger partial charge on any atom is -0.388 e. The lowest BCUT2D eigenvalue weighted by Crippen LogP contribution is -2.36. The van der Waals surface area contributed by atoms with Crippen LogP contribution in [0.1, 0.15) is 24.5 Å². The number of rotatable bonds is 4. The number of anilines is 1. The van der Waals surface area contributed by atoms with Gasteiger partial charge in [-0.05, 0) is 61.4 Å². The molecule has 1 aliphatic heterocycles. The van der Waals surface area contributed by atoms with E-state index in [4.69, 9.17) is 0 Å². The molecule has 1 aromatic heterocycles. The summed E-state index contributed by atoms with van der Waals surface area (Å²) in [6.07, 6.45) is 3.93. The van der Waals surface area contributed by atoms with Crippen molar-refractivity contribution < 1.29 is 13.9 Å². The Hall–Kier alpha value is -2.25. The van der Waals surface area contributed by atoms with Gasteiger partial charge in [0.1, 0.15) is 23.8 Å². The number of halogens is 2. The molecule has 0 spiro atoms. The first-order valence-electron chi connectivity index (χ1n) is 9.23. The maximum atomic E-state index is 14.0. The van der Waals surface area contributed by atoms with E-state index >= 15 is 0 Å². The van der Waals surface area contributed by atoms with Gasteiger partial charge in [0.15, 0.2) is 0 Å². The van der Waals surface area contributed by atoms with Gasteiger partial charge in [-0.2, -0.15) is 0 Å². The highest BCUT2D eigenvalue weighted by Gasteiger charge is 2.29. The summed E-state index contributed by atoms with van der Waals surface area (Å²) in [7, 11) is 0. The fraction of sp³-hybridized carbons (Fsp3) is 0.333. The molecule has 0 amide bonds. The van der Waals surface area contributed by atoms with E-state index in [9.17, 15) is 13.9 Å². The van der Waals surface area contributed by atoms with Gasteiger partial charge in [0.25, 0.3) is 0 Å². The van der Waals surface area contributed by atoms with E-state index in [1.54, 1.807) is 18.1 Å². The number of piperidine rings is 1. The van der Waals surface area contributed by atoms with Crippen LogP contribution in [0.2, 0.25) is 0 Å². The van der Waals surface area contributed by atoms with Gasteiger partial charge < -0.3 is 10.0 Å². The molecule has 2 heterocycles. The zero-order valence-electron chi connectivity index (χ0n) is 15.5. The number of hydrogen-bond acceptors (Lipinski definition) is 5. The van der Waals surface area contributed by atoms with Crippen LogP contribution in [0, 0.1) is 17.6 Å². The van der Waals surface area contributed by atoms with E-state index in [2.05, 4.69) is 20.9 Å². The molecule has 4 nitrogen and oxygen atoms in total. The van der Waals surface area contributed by atoms with Crippen LogP contribution in [0.4, 0.5) is 14.6 Å². The second-order valence-electron chi connectivity index (χ2n) is 7.02. The van der Waals surface area contributed by atoms with Crippen LogP contribution in [0.3, 0.4) is 0 Å². The molecule has 3 aromatic rings. The molecule has 1 atom stereocenters. The highest BCUT2D eigenvalue weighted by atomic mass is 32.2. The quantitative estimate of drug-likeness (QED) is 0.649. The summed E-state index contributed by atoms with van der Waals surface area (Å²) in [5, 5.41) is 11.6. The zero-order valence-corrected chi connectivity index (χ0v) is 16.3. The molecule has 1 unspecified atom stereocenters. The molecule has 2 aromatic carbocycles. The Kier molecular flexibility index (Phi) is 5.46. The van der Waals surface area contributed by atoms with Gasteiger partial charge in [0.05, 0.1) is 11.6 Å². The fourth-order valence-corrected chi connectivity index (χ4v) is 4.26. The van der Waals surface area contributed by atoms with Crippen LogP contribution >= 0.6 is 11.8 Å². The molecule has 1 aliphatic rings. The lowest BCUT2D eigenvalue weighted by Gasteiger charge is -2.35. The first kappa shape index (κ1) is 19.1. The monoisotopic (exact) mass is 401 g/mol. The second kappa shape index (κ2) is 8.01. The third-order valence-electron chi connectivity index (χ3n) is 5.38. The average Bonchev–Trinajstić information content (AvgIpc) is 2.74. The molecule has 1 N–H and O–H groups in total. The Bertz CT molecular complexity index is 993. The van der Waals surface area contributed by atoms with Gasteiger partial charge in [-0.25, -0.2) is 18.7 Å². The number of fused-ring (bicyclic) bond motifs is 1. The molecule has 28 heavy (non-hydrogen) atoms. The summed E-state index contributed by atoms with van der Waals surface area (Å²) in [5.74, 6) is -0.346. The summed E-state index contributed by atoms with van der Waals surface area (Å²) in [5.41, 5.74) is 0.933. The first-order chi connectivity index (χ1) is 13.6. The Morgan fingerprint density at radius 2 is 1.89 bits per heavy atom. The summed E-state index contributed by atoms with van der Waals surface area (Å²) >= 11 is 1.67. The number of thioether (sulfide) groups is 1. The van der Waals surface area contributed by atoms with Crippen molar-refractivity contribution in [2.45, 2.75) is 23.8 Å². The van der Waals surface area contributed by atoms with Crippen LogP contribution < -0.4 is 4.90 Å². The van der Waals surface area contributed by atoms with E-state index in [0.717, 1.165) is 39.8 Å². The van der Waals surface area contributed by atoms with Crippen molar-refractivity contribution in [2.75, 3.05) is 24.2 Å². The van der Waals surface area contributed by atoms with Crippen LogP contribution in [0.25, 0.3) is 10.9 Å². The van der Waals surface area contributed by atoms with Gasteiger partial charge >= 0.3 is 0 Å². The Morgan fingerprint density at radius 1 is 1.11 bits per heavy atom. The predicted octanol–water partition coefficient (Wildman–Crippen LogP) is 4.58. The van der Waals surface area contributed by atoms with E-state index in [-0.39, 0.29) is 11.5 Å². The maximum Gasteiger partial charge on any atom is 0.139 e. The lowest BCUT2D eigenvalue weighted by molar-refractivity contribution is 0.0892. The molecule has 4 rings (SSSR count). The Balaban J connectivity index is 1.53. The SMILES string of the molecule is CSc1ccc2ncnc(N3CCC(C(O)c4cc(F)ccc4F)CC3)c2c1. The third-order valence-corrected chi connectivity index (χ3v) is 6.11. The standard InChI is InChI=1S/C21H21F2N3OS/c1-28-15-3-5-19-17(11-15)21(25-12-24-19)26-8-6-13(7-9-26)20(27)16-10-14(22)2-4-18(16)23/h2-5,10-13,20,27H,6-9H2,1H3. The van der Waals surface area contributed by atoms with Gasteiger partial charge in [-0.15, -0.1) is 11.8 Å². The highest BCUT2D eigenvalue weighted by molar-refractivity contribution is 7.98. The van der Waals surface area contributed by atoms with Crippen molar-refractivity contribution in [3.63, 3.8) is 0 Å². The molecular formula is C21H21F2N3OS. The number of aromatic nitrogens is 2. The molecule has 1 saturated heterocycles. The Labute approximate surface area is 166 Å². The van der Waals surface area contributed by atoms with Crippen molar-refractivity contribution in [1.29, 1.82) is 0 Å². The Morgan fingerprint density at radius 3 is 2.64 bits per heavy atom. The summed E-state index contributed by atoms with van der Waals surface area (Å²) < 4.78 is 27.5. The molecule has 0 bridgehead atoms. The van der Waals surface area contributed by atoms with Crippen molar-refractivity contribution >= 4 is 28.5 Å². The van der Waals surface area contributed by atoms with Crippen molar-refractivity contribution in [1.82, 2.24) is 9.97 Å². The van der Waals surface area contributed by atoms with Gasteiger partial charge in [0.2, 0.25) is 0 Å². The van der Waals surface area contributed by atoms with Gasteiger partial charge in [0, 0.05) is 28.9 Å². The number of nitrogens with zero attached hydrogens (tertiary/aromatic N) is 3. The largest absolute Gasteiger partial charge is 0.388 e. The predicted molar refractivity (Wildman–Crippen MR) is 108 cm³/mol. The van der Waals surface area contributed by atoms with Crippen molar-refractivity contribution in [3.05, 3.63) is 59.9 Å². The maximum absolute atomic E-state index is 14.0. The zero-order chi connectivity index (χ0) is 19.7. The molecule has 7 heteroatoms. The summed E-state index contributed by atoms with van der Waals surface area (Å²) in [4.78, 5) is 12.2. The minimum atomic E-state index is -1.01. The smallest absolute Gasteiger partial charge is 0.139 e. The molecule has 146 valence electrons. The van der Waals surface area contributed by atoms with Crippen molar-refractivity contribution in [3.8, 4) is 0 Å². The number of benzene rings is 2. The first-order valence-corrected chi connectivity index (χ1v) is 10.5. The highest BCUT2D eigenvalue weighted by Crippen LogP contribution is 2.35. The average molecular weight is 401 g/mol. The van der Waals surface area contributed by atoms with Crippen LogP contribution in [0.15, 0.2) is 47.6 Å². The van der Waals surface area contributed by atoms with Gasteiger partial charge in [-0.1, -0.05) is 0 Å². The normalized spacial score (nSPS) is 16.5. The van der Waals surface area contributed by atoms with Crippen LogP contribution in [-0.4, -0.2) is 34.4 Å². The van der Waals surface area contributed by atoms with E-state index < -0.39 is 17.7 Å². The lowest BCUT2D eigenvalue weighted by atomic mass is 9.87. The topological polar surface area (TPSA) is 49.2 Å². The molecule has 0 saturated carbocycles. The number of aliphatic hydroxyl groups is 1. The molecule has 0 radical (unpaired) electrons. The van der Waals surface area contributed by atoms with E-state index in [0.29, 0.717) is 25.9 Å². The molecule has 1 fully saturated rings. The number of aliphatic hydroxyl groups excluding tert-OH is 1. The van der Waals surface area contributed by atoms with E-state index in [1.165, 1.54) is 0 Å². The molecular weight excluding hydrogens is 380 g/mol. The van der Waals surface area contributed by atoms with Crippen molar-refractivity contribution in [2.24, 2.45) is 5.92 Å². The fourth-order valence-electron chi connectivity index (χ4n) is 3.82. The van der Waals surface area contributed by atoms with Gasteiger partial charge in [-0.3, -0.25) is 0 Å². The minimum absolute atomic E-state index is 0.0375. The van der Waals surface area contributed by atoms with E-state index in [1.807, 2.05) is 18.4 Å². The molecule has 0 aliphatic carbocycles.